The number of methoxy groups -OCH3 is 2. The largest absolute Gasteiger partial charge is 0.468 e. The summed E-state index contributed by atoms with van der Waals surface area (Å²) in [5, 5.41) is 0. The molecule has 0 spiro atoms. The Hall–Kier alpha value is -2.58. The van der Waals surface area contributed by atoms with Crippen LogP contribution in [0.2, 0.25) is 0 Å². The Bertz CT molecular complexity index is 582. The van der Waals surface area contributed by atoms with E-state index >= 15 is 0 Å². The van der Waals surface area contributed by atoms with Crippen molar-refractivity contribution in [3.05, 3.63) is 41.5 Å². The molecule has 0 fully saturated rings. The second-order valence-electron chi connectivity index (χ2n) is 4.73. The number of rotatable bonds is 7. The Kier molecular flexibility index (Phi) is 7.58. The number of esters is 2. The predicted octanol–water partition coefficient (Wildman–Crippen LogP) is 2.07. The average Bonchev–Trinajstić information content (AvgIpc) is 2.59. The molecule has 0 heterocycles. The van der Waals surface area contributed by atoms with Crippen LogP contribution in [0.15, 0.2) is 35.9 Å². The van der Waals surface area contributed by atoms with Gasteiger partial charge in [-0.3, -0.25) is 9.59 Å². The smallest absolute Gasteiger partial charge is 0.324 e. The van der Waals surface area contributed by atoms with Crippen molar-refractivity contribution in [2.24, 2.45) is 5.92 Å². The van der Waals surface area contributed by atoms with Crippen LogP contribution in [0, 0.1) is 18.3 Å². The fourth-order valence-electron chi connectivity index (χ4n) is 1.88. The molecule has 0 aliphatic carbocycles. The summed E-state index contributed by atoms with van der Waals surface area (Å²) in [4.78, 5) is 24.0. The van der Waals surface area contributed by atoms with Crippen molar-refractivity contribution in [2.75, 3.05) is 20.8 Å². The molecule has 0 amide bonds. The Morgan fingerprint density at radius 1 is 1.17 bits per heavy atom. The van der Waals surface area contributed by atoms with Gasteiger partial charge in [0.1, 0.15) is 6.10 Å². The van der Waals surface area contributed by atoms with E-state index in [1.807, 2.05) is 30.3 Å². The highest BCUT2D eigenvalue weighted by molar-refractivity contribution is 5.99. The molecule has 0 bridgehead atoms. The van der Waals surface area contributed by atoms with E-state index in [9.17, 15) is 9.59 Å². The van der Waals surface area contributed by atoms with Gasteiger partial charge in [-0.1, -0.05) is 42.3 Å². The van der Waals surface area contributed by atoms with Crippen LogP contribution in [0.1, 0.15) is 12.5 Å². The van der Waals surface area contributed by atoms with Gasteiger partial charge < -0.3 is 14.2 Å². The van der Waals surface area contributed by atoms with Crippen molar-refractivity contribution in [3.8, 4) is 12.3 Å². The third-order valence-corrected chi connectivity index (χ3v) is 3.13. The van der Waals surface area contributed by atoms with Crippen LogP contribution in [-0.4, -0.2) is 38.9 Å². The van der Waals surface area contributed by atoms with Crippen LogP contribution >= 0.6 is 0 Å². The van der Waals surface area contributed by atoms with Gasteiger partial charge in [-0.2, -0.15) is 0 Å². The van der Waals surface area contributed by atoms with Crippen LogP contribution in [0.4, 0.5) is 0 Å². The van der Waals surface area contributed by atoms with E-state index in [-0.39, 0.29) is 6.61 Å². The van der Waals surface area contributed by atoms with E-state index in [1.54, 1.807) is 13.0 Å². The Morgan fingerprint density at radius 3 is 2.22 bits per heavy atom. The zero-order valence-electron chi connectivity index (χ0n) is 13.4. The molecular weight excluding hydrogens is 296 g/mol. The maximum atomic E-state index is 12.0. The molecule has 0 aliphatic heterocycles. The van der Waals surface area contributed by atoms with Gasteiger partial charge in [0.25, 0.3) is 0 Å². The molecule has 0 saturated carbocycles. The van der Waals surface area contributed by atoms with Crippen LogP contribution in [0.25, 0.3) is 6.08 Å². The first-order valence-electron chi connectivity index (χ1n) is 7.02. The number of carbonyl (C=O) groups is 2. The second kappa shape index (κ2) is 9.44. The van der Waals surface area contributed by atoms with E-state index in [0.717, 1.165) is 5.56 Å². The van der Waals surface area contributed by atoms with Gasteiger partial charge in [-0.15, -0.1) is 6.42 Å². The number of hydrogen-bond acceptors (Lipinski definition) is 5. The molecule has 0 saturated heterocycles. The molecule has 23 heavy (non-hydrogen) atoms. The minimum Gasteiger partial charge on any atom is -0.468 e. The normalized spacial score (nSPS) is 12.4. The molecule has 122 valence electrons. The summed E-state index contributed by atoms with van der Waals surface area (Å²) in [7, 11) is 2.42. The van der Waals surface area contributed by atoms with E-state index in [0.29, 0.717) is 5.57 Å². The molecule has 0 aliphatic rings. The van der Waals surface area contributed by atoms with Gasteiger partial charge in [-0.25, -0.2) is 0 Å². The highest BCUT2D eigenvalue weighted by Crippen LogP contribution is 2.20. The molecule has 0 aromatic heterocycles. The van der Waals surface area contributed by atoms with Crippen molar-refractivity contribution in [2.45, 2.75) is 13.0 Å². The van der Waals surface area contributed by atoms with Gasteiger partial charge in [0.05, 0.1) is 20.8 Å². The molecule has 5 nitrogen and oxygen atoms in total. The Balaban J connectivity index is 3.19. The van der Waals surface area contributed by atoms with Crippen LogP contribution in [-0.2, 0) is 23.8 Å². The van der Waals surface area contributed by atoms with E-state index in [1.165, 1.54) is 14.2 Å². The number of benzene rings is 1. The maximum absolute atomic E-state index is 12.0. The maximum Gasteiger partial charge on any atom is 0.324 e. The third-order valence-electron chi connectivity index (χ3n) is 3.13. The lowest BCUT2D eigenvalue weighted by molar-refractivity contribution is -0.157. The summed E-state index contributed by atoms with van der Waals surface area (Å²) < 4.78 is 14.9. The summed E-state index contributed by atoms with van der Waals surface area (Å²) in [5.74, 6) is -0.195. The molecule has 1 rings (SSSR count). The standard InChI is InChI=1S/C18H20O5/c1-5-13(2)23-12-15(11-14-9-7-6-8-10-14)16(17(19)21-3)18(20)22-4/h1,6-11,13,16H,12H2,2-4H3/b15-11-. The SMILES string of the molecule is C#CC(C)OC/C(=C/c1ccccc1)C(C(=O)OC)C(=O)OC. The molecule has 0 N–H and O–H groups in total. The second-order valence-corrected chi connectivity index (χ2v) is 4.73. The summed E-state index contributed by atoms with van der Waals surface area (Å²) in [6.45, 7) is 1.71. The fraction of sp³-hybridized carbons (Fsp3) is 0.333. The van der Waals surface area contributed by atoms with E-state index in [4.69, 9.17) is 20.6 Å². The summed E-state index contributed by atoms with van der Waals surface area (Å²) in [5.41, 5.74) is 1.23. The first-order valence-corrected chi connectivity index (χ1v) is 7.02. The topological polar surface area (TPSA) is 61.8 Å². The third kappa shape index (κ3) is 5.61. The minimum atomic E-state index is -1.20. The molecule has 1 aromatic rings. The van der Waals surface area contributed by atoms with E-state index < -0.39 is 24.0 Å². The molecule has 5 heteroatoms. The van der Waals surface area contributed by atoms with Crippen molar-refractivity contribution in [3.63, 3.8) is 0 Å². The van der Waals surface area contributed by atoms with Crippen molar-refractivity contribution >= 4 is 18.0 Å². The molecule has 0 radical (unpaired) electrons. The monoisotopic (exact) mass is 316 g/mol. The summed E-state index contributed by atoms with van der Waals surface area (Å²) in [6, 6.07) is 9.25. The lowest BCUT2D eigenvalue weighted by Crippen LogP contribution is -2.30. The molecule has 1 aromatic carbocycles. The lowest BCUT2D eigenvalue weighted by atomic mass is 9.97. The molecular formula is C18H20O5. The highest BCUT2D eigenvalue weighted by atomic mass is 16.5. The number of ether oxygens (including phenoxy) is 3. The zero-order valence-corrected chi connectivity index (χ0v) is 13.4. The van der Waals surface area contributed by atoms with Gasteiger partial charge >= 0.3 is 11.9 Å². The van der Waals surface area contributed by atoms with E-state index in [2.05, 4.69) is 5.92 Å². The predicted molar refractivity (Wildman–Crippen MR) is 86.2 cm³/mol. The van der Waals surface area contributed by atoms with Crippen molar-refractivity contribution in [1.82, 2.24) is 0 Å². The van der Waals surface area contributed by atoms with Gasteiger partial charge in [-0.05, 0) is 18.1 Å². The average molecular weight is 316 g/mol. The van der Waals surface area contributed by atoms with Crippen molar-refractivity contribution in [1.29, 1.82) is 0 Å². The summed E-state index contributed by atoms with van der Waals surface area (Å²) >= 11 is 0. The zero-order chi connectivity index (χ0) is 17.2. The van der Waals surface area contributed by atoms with Crippen LogP contribution < -0.4 is 0 Å². The lowest BCUT2D eigenvalue weighted by Gasteiger charge is -2.18. The first kappa shape index (κ1) is 18.5. The van der Waals surface area contributed by atoms with Gasteiger partial charge in [0, 0.05) is 0 Å². The van der Waals surface area contributed by atoms with Crippen molar-refractivity contribution < 1.29 is 23.8 Å². The molecule has 1 atom stereocenters. The highest BCUT2D eigenvalue weighted by Gasteiger charge is 2.32. The number of carbonyl (C=O) groups excluding carboxylic acids is 2. The Morgan fingerprint density at radius 2 is 1.74 bits per heavy atom. The first-order chi connectivity index (χ1) is 11.0. The number of terminal acetylenes is 1. The van der Waals surface area contributed by atoms with Gasteiger partial charge in [0.2, 0.25) is 0 Å². The fourth-order valence-corrected chi connectivity index (χ4v) is 1.88. The quantitative estimate of drug-likeness (QED) is 0.438. The van der Waals surface area contributed by atoms with Crippen LogP contribution in [0.3, 0.4) is 0 Å². The Labute approximate surface area is 136 Å². The molecule has 1 unspecified atom stereocenters. The minimum absolute atomic E-state index is 0.00906. The summed E-state index contributed by atoms with van der Waals surface area (Å²) in [6.07, 6.45) is 6.52. The van der Waals surface area contributed by atoms with Crippen LogP contribution in [0.5, 0.6) is 0 Å². The van der Waals surface area contributed by atoms with Gasteiger partial charge in [0.15, 0.2) is 5.92 Å². The number of hydrogen-bond donors (Lipinski definition) is 0.